The molecule has 0 spiro atoms. The van der Waals surface area contributed by atoms with Crippen LogP contribution in [0, 0.1) is 54.0 Å². The molecule has 13 aromatic carbocycles. The number of pyridine rings is 4. The number of nitrogens with zero attached hydrogens (tertiary/aromatic N) is 9. The minimum absolute atomic E-state index is 0. The minimum Gasteiger partial charge on any atom is -0.333 e. The number of para-hydroxylation sites is 6. The molecule has 13 heteroatoms. The first-order valence-electron chi connectivity index (χ1n) is 54.2. The molecule has 6 unspecified atom stereocenters. The smallest absolute Gasteiger partial charge is 0.0774 e. The third-order valence-corrected chi connectivity index (χ3v) is 23.0. The van der Waals surface area contributed by atoms with Crippen LogP contribution in [0.25, 0.3) is 155 Å². The van der Waals surface area contributed by atoms with Crippen molar-refractivity contribution in [2.45, 2.75) is 153 Å². The van der Waals surface area contributed by atoms with Crippen LogP contribution in [0.4, 0.5) is 0 Å². The Morgan fingerprint density at radius 2 is 0.744 bits per heavy atom. The van der Waals surface area contributed by atoms with E-state index in [0.29, 0.717) is 68.1 Å². The van der Waals surface area contributed by atoms with Gasteiger partial charge in [0.25, 0.3) is 0 Å². The predicted octanol–water partition coefficient (Wildman–Crippen LogP) is 31.1. The second kappa shape index (κ2) is 44.7. The molecule has 0 saturated heterocycles. The van der Waals surface area contributed by atoms with Gasteiger partial charge in [-0.2, -0.15) is 0 Å². The monoisotopic (exact) mass is 2470 g/mol. The van der Waals surface area contributed by atoms with Crippen LogP contribution in [-0.2, 0) is 112 Å². The van der Waals surface area contributed by atoms with E-state index >= 15 is 0 Å². The van der Waals surface area contributed by atoms with Crippen LogP contribution >= 0.6 is 0 Å². The number of fused-ring (bicyclic) bond motifs is 19. The molecule has 0 aliphatic heterocycles. The standard InChI is InChI=1S/2C29H29N2.C27H25N2.C24H23N2.C11H8N.4Ir/c2*1-19(2)16-21-10-9-11-22(17-20(3)4)28(21)27-18-30-29-25-14-6-5-12-23(25)24-13-7-8-15-26(24)31(27)29;1-17(2)19-13-9-14-20(18(3)4)26(19)25-16-28-27-23-12-6-5-10-21(23)22-11-7-8-15-24(22)29(25)27;1-4-18-13-10-14-20(17(2)3)23(18)26-22-16-9-8-15-21(22)25-24(26)19-11-6-5-7-12-19;1-2-6-10(7-3-1)11-8-4-5-9-12-11;;;;/h2*5-13,15,18-20H,16-17H2,1-4H3;5-11,13-18H,1-4H3;5-11,13-17H,4H2,1-3H3;1-6,8-9H;;;;/q5*-1;;;;/i1D3,19D,20D;1D3,16D,17D;1D3,17D,18D;2D3,4D2,17D;;;;;. The Balaban J connectivity index is 0.000000163. The summed E-state index contributed by atoms with van der Waals surface area (Å²) in [6.07, 6.45) is 4.35. The SMILES string of the molecule is [2H]C(C)(C)Cc1cccc(CC([2H])(C)C([2H])([2H])[2H])c1-c1cnc2c3[c-]cccc3c3ccccc3n12.[2H]C(C)(C)c1cccc(C([2H])(C)C([2H])([2H])[2H])c1-c1cnc2c3[c-]cccc3c3ccccc3n12.[2H]C([2H])(C)c1cccc(C([2H])(C)C([2H])([2H])[2H])c1-n1c(-c2[c-]cccc2)nc2ccccc21.[2H]C(c1cccc(C([2H])C(C)C([2H])([2H])[2H])c1-c1cnc2c3[c-]cccc3c3ccccc3n12)C(C)C.[Ir].[Ir].[Ir].[Ir].[c-]1ccccc1-c1ccccn1. The topological polar surface area (TPSA) is 82.6 Å². The second-order valence-electron chi connectivity index (χ2n) is 33.3. The van der Waals surface area contributed by atoms with Gasteiger partial charge in [0, 0.05) is 173 Å². The van der Waals surface area contributed by atoms with Crippen LogP contribution in [0.2, 0.25) is 0 Å². The van der Waals surface area contributed by atoms with Crippen molar-refractivity contribution in [3.05, 3.63) is 391 Å². The van der Waals surface area contributed by atoms with Crippen LogP contribution in [0.15, 0.2) is 316 Å². The summed E-state index contributed by atoms with van der Waals surface area (Å²) in [6.45, 7) is 8.67. The van der Waals surface area contributed by atoms with Gasteiger partial charge >= 0.3 is 0 Å². The Hall–Kier alpha value is -11.3. The van der Waals surface area contributed by atoms with Crippen molar-refractivity contribution in [1.82, 2.24) is 42.7 Å². The Morgan fingerprint density at radius 3 is 1.21 bits per heavy atom. The zero-order valence-electron chi connectivity index (χ0n) is 96.6. The number of hydrogen-bond donors (Lipinski definition) is 0. The zero-order chi connectivity index (χ0) is 108. The van der Waals surface area contributed by atoms with E-state index in [4.69, 9.17) is 48.7 Å². The van der Waals surface area contributed by atoms with Crippen molar-refractivity contribution in [2.24, 2.45) is 23.6 Å². The number of hydrogen-bond acceptors (Lipinski definition) is 5. The molecule has 0 aliphatic rings. The molecule has 0 bridgehead atoms. The first kappa shape index (κ1) is 74.1. The molecular formula is C120H114Ir4N9-5. The Labute approximate surface area is 868 Å². The minimum atomic E-state index is -2.63. The fourth-order valence-electron chi connectivity index (χ4n) is 17.7. The fourth-order valence-corrected chi connectivity index (χ4v) is 17.7. The van der Waals surface area contributed by atoms with Gasteiger partial charge in [-0.15, -0.1) is 161 Å². The maximum absolute atomic E-state index is 9.01. The van der Waals surface area contributed by atoms with Gasteiger partial charge in [0.1, 0.15) is 0 Å². The molecule has 6 atom stereocenters. The molecule has 0 N–H and O–H groups in total. The van der Waals surface area contributed by atoms with Crippen LogP contribution in [0.3, 0.4) is 0 Å². The van der Waals surface area contributed by atoms with Crippen LogP contribution in [0.5, 0.6) is 0 Å². The van der Waals surface area contributed by atoms with Crippen molar-refractivity contribution >= 4 is 93.0 Å². The predicted molar refractivity (Wildman–Crippen MR) is 543 cm³/mol. The number of aromatic nitrogens is 9. The molecule has 8 aromatic heterocycles. The molecule has 133 heavy (non-hydrogen) atoms. The Kier molecular flexibility index (Phi) is 24.9. The summed E-state index contributed by atoms with van der Waals surface area (Å²) in [5.74, 6) is -7.62. The number of benzene rings is 13. The van der Waals surface area contributed by atoms with Gasteiger partial charge in [0.2, 0.25) is 0 Å². The van der Waals surface area contributed by atoms with Gasteiger partial charge < -0.3 is 22.8 Å². The van der Waals surface area contributed by atoms with Crippen LogP contribution in [0.1, 0.15) is 195 Å². The average Bonchev–Trinajstić information content (AvgIpc) is 1.43. The maximum Gasteiger partial charge on any atom is 0.0774 e. The summed E-state index contributed by atoms with van der Waals surface area (Å²) < 4.78 is 183. The van der Waals surface area contributed by atoms with Crippen molar-refractivity contribution < 1.29 is 109 Å². The van der Waals surface area contributed by atoms with Crippen LogP contribution in [-0.4, -0.2) is 42.7 Å². The Morgan fingerprint density at radius 1 is 0.338 bits per heavy atom. The molecule has 8 heterocycles. The number of rotatable bonds is 18. The van der Waals surface area contributed by atoms with E-state index in [1.165, 1.54) is 27.7 Å². The maximum atomic E-state index is 9.01. The molecular weight excluding hydrogens is 2340 g/mol. The van der Waals surface area contributed by atoms with Crippen molar-refractivity contribution in [2.75, 3.05) is 0 Å². The summed E-state index contributed by atoms with van der Waals surface area (Å²) >= 11 is 0. The zero-order valence-corrected chi connectivity index (χ0v) is 85.2. The molecule has 4 radical (unpaired) electrons. The van der Waals surface area contributed by atoms with E-state index in [2.05, 4.69) is 74.4 Å². The largest absolute Gasteiger partial charge is 0.333 e. The first-order chi connectivity index (χ1) is 70.8. The van der Waals surface area contributed by atoms with E-state index in [9.17, 15) is 0 Å². The molecule has 0 amide bonds. The summed E-state index contributed by atoms with van der Waals surface area (Å²) in [5.41, 5.74) is 18.5. The quantitative estimate of drug-likeness (QED) is 0.0631. The molecule has 0 aliphatic carbocycles. The van der Waals surface area contributed by atoms with Crippen LogP contribution < -0.4 is 0 Å². The summed E-state index contributed by atoms with van der Waals surface area (Å²) in [6, 6.07) is 108. The molecule has 21 rings (SSSR count). The van der Waals surface area contributed by atoms with E-state index < -0.39 is 82.0 Å². The fraction of sp³-hybridized carbons (Fsp3) is 0.225. The van der Waals surface area contributed by atoms with Gasteiger partial charge in [-0.1, -0.05) is 271 Å². The first-order valence-corrected chi connectivity index (χ1v) is 43.6. The number of aryl methyl sites for hydroxylation is 1. The van der Waals surface area contributed by atoms with E-state index in [1.807, 2.05) is 263 Å². The van der Waals surface area contributed by atoms with Gasteiger partial charge in [-0.05, 0) is 176 Å². The molecule has 680 valence electrons. The Bertz CT molecular complexity index is 8520. The van der Waals surface area contributed by atoms with Gasteiger partial charge in [0.15, 0.2) is 0 Å². The van der Waals surface area contributed by atoms with Gasteiger partial charge in [0.05, 0.1) is 50.9 Å². The van der Waals surface area contributed by atoms with Gasteiger partial charge in [-0.3, -0.25) is 19.9 Å². The third kappa shape index (κ3) is 20.7. The van der Waals surface area contributed by atoms with Gasteiger partial charge in [-0.25, -0.2) is 0 Å². The van der Waals surface area contributed by atoms with E-state index in [0.717, 1.165) is 127 Å². The molecule has 0 fully saturated rings. The van der Waals surface area contributed by atoms with Crippen molar-refractivity contribution in [1.29, 1.82) is 0 Å². The molecule has 21 aromatic rings. The van der Waals surface area contributed by atoms with E-state index in [-0.39, 0.29) is 104 Å². The third-order valence-electron chi connectivity index (χ3n) is 23.0. The molecule has 9 nitrogen and oxygen atoms in total. The molecule has 0 saturated carbocycles. The van der Waals surface area contributed by atoms with Crippen molar-refractivity contribution in [3.63, 3.8) is 0 Å². The second-order valence-corrected chi connectivity index (χ2v) is 33.3. The summed E-state index contributed by atoms with van der Waals surface area (Å²) in [4.78, 5) is 23.4. The normalized spacial score (nSPS) is 16.3. The summed E-state index contributed by atoms with van der Waals surface area (Å²) in [5, 5.41) is 8.98. The summed E-state index contributed by atoms with van der Waals surface area (Å²) in [7, 11) is 0. The average molecular weight is 2470 g/mol. The van der Waals surface area contributed by atoms with Crippen molar-refractivity contribution in [3.8, 4) is 62.1 Å². The van der Waals surface area contributed by atoms with E-state index in [1.54, 1.807) is 80.3 Å². The number of imidazole rings is 4.